The van der Waals surface area contributed by atoms with E-state index in [4.69, 9.17) is 5.73 Å². The topological polar surface area (TPSA) is 84.2 Å². The molecule has 0 aromatic heterocycles. The first-order chi connectivity index (χ1) is 6.63. The highest BCUT2D eigenvalue weighted by Crippen LogP contribution is 1.86. The highest BCUT2D eigenvalue weighted by atomic mass is 16.2. The molecule has 5 heteroatoms. The minimum absolute atomic E-state index is 0.354. The van der Waals surface area contributed by atoms with Crippen molar-refractivity contribution in [2.24, 2.45) is 5.73 Å². The average molecular weight is 197 g/mol. The molecule has 0 saturated carbocycles. The summed E-state index contributed by atoms with van der Waals surface area (Å²) in [5.41, 5.74) is 5.31. The predicted octanol–water partition coefficient (Wildman–Crippen LogP) is -0.734. The molecule has 0 unspecified atom stereocenters. The van der Waals surface area contributed by atoms with Crippen molar-refractivity contribution in [2.45, 2.75) is 12.6 Å². The van der Waals surface area contributed by atoms with E-state index in [1.165, 1.54) is 0 Å². The van der Waals surface area contributed by atoms with Gasteiger partial charge in [0.05, 0.1) is 0 Å². The van der Waals surface area contributed by atoms with Crippen LogP contribution < -0.4 is 16.4 Å². The van der Waals surface area contributed by atoms with Gasteiger partial charge in [-0.3, -0.25) is 9.59 Å². The van der Waals surface area contributed by atoms with Gasteiger partial charge in [0.25, 0.3) is 0 Å². The van der Waals surface area contributed by atoms with Crippen molar-refractivity contribution in [1.29, 1.82) is 0 Å². The minimum Gasteiger partial charge on any atom is -0.332 e. The van der Waals surface area contributed by atoms with Gasteiger partial charge in [-0.25, -0.2) is 0 Å². The number of rotatable bonds is 6. The lowest BCUT2D eigenvalue weighted by Crippen LogP contribution is -2.47. The lowest BCUT2D eigenvalue weighted by molar-refractivity contribution is -0.119. The summed E-state index contributed by atoms with van der Waals surface area (Å²) in [7, 11) is 0. The normalized spacial score (nSPS) is 9.29. The Morgan fingerprint density at radius 1 is 1.21 bits per heavy atom. The highest BCUT2D eigenvalue weighted by Gasteiger charge is 2.10. The van der Waals surface area contributed by atoms with Crippen LogP contribution in [0.2, 0.25) is 0 Å². The molecule has 0 aliphatic heterocycles. The van der Waals surface area contributed by atoms with Gasteiger partial charge in [-0.15, -0.1) is 0 Å². The third-order valence-electron chi connectivity index (χ3n) is 1.46. The van der Waals surface area contributed by atoms with E-state index in [1.807, 2.05) is 0 Å². The van der Waals surface area contributed by atoms with E-state index in [-0.39, 0.29) is 11.8 Å². The van der Waals surface area contributed by atoms with Crippen molar-refractivity contribution < 1.29 is 9.59 Å². The molecular formula is C9H15N3O2. The van der Waals surface area contributed by atoms with Gasteiger partial charge in [0.2, 0.25) is 11.8 Å². The van der Waals surface area contributed by atoms with Crippen LogP contribution in [-0.2, 0) is 9.59 Å². The van der Waals surface area contributed by atoms with Gasteiger partial charge in [-0.1, -0.05) is 13.2 Å². The molecule has 0 aliphatic rings. The third kappa shape index (κ3) is 5.10. The number of amides is 2. The van der Waals surface area contributed by atoms with Crippen molar-refractivity contribution in [3.05, 3.63) is 25.3 Å². The van der Waals surface area contributed by atoms with Crippen molar-refractivity contribution in [1.82, 2.24) is 10.6 Å². The van der Waals surface area contributed by atoms with E-state index in [1.54, 1.807) is 0 Å². The maximum atomic E-state index is 10.9. The van der Waals surface area contributed by atoms with Crippen LogP contribution in [-0.4, -0.2) is 24.5 Å². The summed E-state index contributed by atoms with van der Waals surface area (Å²) in [6.07, 6.45) is 2.24. The quantitative estimate of drug-likeness (QED) is 0.387. The molecule has 0 spiro atoms. The molecule has 2 amide bonds. The van der Waals surface area contributed by atoms with Crippen molar-refractivity contribution in [2.75, 3.05) is 6.54 Å². The molecule has 0 bridgehead atoms. The summed E-state index contributed by atoms with van der Waals surface area (Å²) >= 11 is 0. The van der Waals surface area contributed by atoms with Crippen LogP contribution in [0.15, 0.2) is 25.3 Å². The molecule has 5 nitrogen and oxygen atoms in total. The molecule has 0 aromatic carbocycles. The Kier molecular flexibility index (Phi) is 6.06. The van der Waals surface area contributed by atoms with Crippen LogP contribution in [0.3, 0.4) is 0 Å². The van der Waals surface area contributed by atoms with E-state index in [0.717, 1.165) is 12.2 Å². The zero-order valence-electron chi connectivity index (χ0n) is 7.95. The molecule has 4 N–H and O–H groups in total. The maximum absolute atomic E-state index is 10.9. The second kappa shape index (κ2) is 6.85. The summed E-state index contributed by atoms with van der Waals surface area (Å²) in [5, 5.41) is 5.03. The molecule has 14 heavy (non-hydrogen) atoms. The number of hydrogen-bond donors (Lipinski definition) is 3. The van der Waals surface area contributed by atoms with Gasteiger partial charge in [0.1, 0.15) is 6.17 Å². The number of carbonyl (C=O) groups excluding carboxylic acids is 2. The molecule has 0 fully saturated rings. The Bertz CT molecular complexity index is 216. The number of nitrogens with one attached hydrogen (secondary N) is 2. The Morgan fingerprint density at radius 3 is 1.93 bits per heavy atom. The van der Waals surface area contributed by atoms with Crippen LogP contribution in [0.25, 0.3) is 0 Å². The van der Waals surface area contributed by atoms with Crippen LogP contribution >= 0.6 is 0 Å². The third-order valence-corrected chi connectivity index (χ3v) is 1.46. The first kappa shape index (κ1) is 12.4. The summed E-state index contributed by atoms with van der Waals surface area (Å²) < 4.78 is 0. The summed E-state index contributed by atoms with van der Waals surface area (Å²) in [6.45, 7) is 6.95. The molecular weight excluding hydrogens is 182 g/mol. The fourth-order valence-corrected chi connectivity index (χ4v) is 0.808. The molecule has 0 rings (SSSR count). The van der Waals surface area contributed by atoms with E-state index in [0.29, 0.717) is 13.0 Å². The molecule has 0 atom stereocenters. The van der Waals surface area contributed by atoms with Crippen LogP contribution in [0.4, 0.5) is 0 Å². The lowest BCUT2D eigenvalue weighted by Gasteiger charge is -2.17. The molecule has 0 aliphatic carbocycles. The Labute approximate surface area is 83.0 Å². The molecule has 0 radical (unpaired) electrons. The van der Waals surface area contributed by atoms with Gasteiger partial charge >= 0.3 is 0 Å². The first-order valence-corrected chi connectivity index (χ1v) is 4.20. The fraction of sp³-hybridized carbons (Fsp3) is 0.333. The second-order valence-corrected chi connectivity index (χ2v) is 2.56. The Balaban J connectivity index is 4.13. The van der Waals surface area contributed by atoms with Crippen LogP contribution in [0.5, 0.6) is 0 Å². The zero-order chi connectivity index (χ0) is 11.0. The van der Waals surface area contributed by atoms with E-state index in [2.05, 4.69) is 23.8 Å². The summed E-state index contributed by atoms with van der Waals surface area (Å²) in [4.78, 5) is 21.8. The molecule has 0 heterocycles. The van der Waals surface area contributed by atoms with E-state index >= 15 is 0 Å². The zero-order valence-corrected chi connectivity index (χ0v) is 7.95. The summed E-state index contributed by atoms with van der Waals surface area (Å²) in [5.74, 6) is -0.708. The number of carbonyl (C=O) groups is 2. The minimum atomic E-state index is -0.476. The van der Waals surface area contributed by atoms with Crippen molar-refractivity contribution in [3.63, 3.8) is 0 Å². The second-order valence-electron chi connectivity index (χ2n) is 2.56. The van der Waals surface area contributed by atoms with Gasteiger partial charge < -0.3 is 16.4 Å². The van der Waals surface area contributed by atoms with Crippen LogP contribution in [0, 0.1) is 0 Å². The van der Waals surface area contributed by atoms with Gasteiger partial charge in [0, 0.05) is 0 Å². The lowest BCUT2D eigenvalue weighted by atomic mass is 10.3. The van der Waals surface area contributed by atoms with Crippen molar-refractivity contribution in [3.8, 4) is 0 Å². The Morgan fingerprint density at radius 2 is 1.64 bits per heavy atom. The fourth-order valence-electron chi connectivity index (χ4n) is 0.808. The number of nitrogens with two attached hydrogens (primary N) is 1. The summed E-state index contributed by atoms with van der Waals surface area (Å²) in [6, 6.07) is 0. The smallest absolute Gasteiger partial charge is 0.244 e. The first-order valence-electron chi connectivity index (χ1n) is 4.20. The standard InChI is InChI=1S/C9H15N3O2/c1-3-8(13)11-7(5-6-10)12-9(14)4-2/h3-4,7H,1-2,5-6,10H2,(H,11,13)(H,12,14). The Hall–Kier alpha value is -1.62. The molecule has 78 valence electrons. The monoisotopic (exact) mass is 197 g/mol. The number of hydrogen-bond acceptors (Lipinski definition) is 3. The highest BCUT2D eigenvalue weighted by molar-refractivity contribution is 5.89. The average Bonchev–Trinajstić information content (AvgIpc) is 2.17. The van der Waals surface area contributed by atoms with Gasteiger partial charge in [0.15, 0.2) is 0 Å². The molecule has 0 saturated heterocycles. The van der Waals surface area contributed by atoms with E-state index < -0.39 is 6.17 Å². The van der Waals surface area contributed by atoms with E-state index in [9.17, 15) is 9.59 Å². The largest absolute Gasteiger partial charge is 0.332 e. The maximum Gasteiger partial charge on any atom is 0.244 e. The van der Waals surface area contributed by atoms with Crippen LogP contribution in [0.1, 0.15) is 6.42 Å². The predicted molar refractivity (Wildman–Crippen MR) is 54.1 cm³/mol. The van der Waals surface area contributed by atoms with Crippen molar-refractivity contribution >= 4 is 11.8 Å². The molecule has 0 aromatic rings. The van der Waals surface area contributed by atoms with Gasteiger partial charge in [-0.05, 0) is 25.1 Å². The van der Waals surface area contributed by atoms with Gasteiger partial charge in [-0.2, -0.15) is 0 Å². The SMILES string of the molecule is C=CC(=O)NC(CCN)NC(=O)C=C.